The monoisotopic (exact) mass is 382 g/mol. The van der Waals surface area contributed by atoms with E-state index in [1.807, 2.05) is 23.1 Å². The molecule has 2 amide bonds. The summed E-state index contributed by atoms with van der Waals surface area (Å²) in [7, 11) is 0. The molecule has 0 saturated carbocycles. The molecule has 2 aliphatic rings. The van der Waals surface area contributed by atoms with Crippen molar-refractivity contribution in [3.8, 4) is 0 Å². The molecule has 1 aliphatic carbocycles. The van der Waals surface area contributed by atoms with Crippen molar-refractivity contribution in [2.75, 3.05) is 13.1 Å². The highest BCUT2D eigenvalue weighted by molar-refractivity contribution is 7.14. The van der Waals surface area contributed by atoms with Crippen LogP contribution < -0.4 is 5.32 Å². The van der Waals surface area contributed by atoms with E-state index in [2.05, 4.69) is 24.4 Å². The van der Waals surface area contributed by atoms with Gasteiger partial charge in [-0.1, -0.05) is 24.3 Å². The van der Waals surface area contributed by atoms with Crippen molar-refractivity contribution in [2.45, 2.75) is 45.6 Å². The molecule has 2 heterocycles. The van der Waals surface area contributed by atoms with Crippen LogP contribution in [-0.2, 0) is 24.2 Å². The SMILES string of the molecule is Cc1ccccc1CNC(=O)C1CCc2sc(C(=O)N3CCCC3)cc2C1. The van der Waals surface area contributed by atoms with Crippen molar-refractivity contribution in [1.82, 2.24) is 10.2 Å². The minimum atomic E-state index is 0.00542. The number of thiophene rings is 1. The van der Waals surface area contributed by atoms with Crippen LogP contribution >= 0.6 is 11.3 Å². The Morgan fingerprint density at radius 1 is 1.22 bits per heavy atom. The van der Waals surface area contributed by atoms with Crippen LogP contribution in [0.1, 0.15) is 50.5 Å². The van der Waals surface area contributed by atoms with Crippen LogP contribution in [-0.4, -0.2) is 29.8 Å². The Hall–Kier alpha value is -2.14. The number of benzene rings is 1. The minimum absolute atomic E-state index is 0.00542. The first-order chi connectivity index (χ1) is 13.1. The Morgan fingerprint density at radius 3 is 2.78 bits per heavy atom. The van der Waals surface area contributed by atoms with Gasteiger partial charge in [-0.2, -0.15) is 0 Å². The van der Waals surface area contributed by atoms with Gasteiger partial charge >= 0.3 is 0 Å². The van der Waals surface area contributed by atoms with E-state index in [0.29, 0.717) is 6.54 Å². The van der Waals surface area contributed by atoms with Crippen molar-refractivity contribution < 1.29 is 9.59 Å². The molecular weight excluding hydrogens is 356 g/mol. The van der Waals surface area contributed by atoms with E-state index in [-0.39, 0.29) is 17.7 Å². The van der Waals surface area contributed by atoms with Gasteiger partial charge in [0.15, 0.2) is 0 Å². The van der Waals surface area contributed by atoms with Gasteiger partial charge in [-0.3, -0.25) is 9.59 Å². The Morgan fingerprint density at radius 2 is 2.00 bits per heavy atom. The van der Waals surface area contributed by atoms with Crippen molar-refractivity contribution in [3.05, 3.63) is 56.8 Å². The number of nitrogens with one attached hydrogen (secondary N) is 1. The van der Waals surface area contributed by atoms with E-state index >= 15 is 0 Å². The van der Waals surface area contributed by atoms with Crippen LogP contribution in [0.5, 0.6) is 0 Å². The summed E-state index contributed by atoms with van der Waals surface area (Å²) in [6.07, 6.45) is 4.73. The van der Waals surface area contributed by atoms with Crippen LogP contribution in [0.2, 0.25) is 0 Å². The quantitative estimate of drug-likeness (QED) is 0.876. The normalized spacial score (nSPS) is 19.0. The van der Waals surface area contributed by atoms with E-state index in [1.54, 1.807) is 11.3 Å². The lowest BCUT2D eigenvalue weighted by Crippen LogP contribution is -2.33. The summed E-state index contributed by atoms with van der Waals surface area (Å²) in [5, 5.41) is 3.10. The minimum Gasteiger partial charge on any atom is -0.352 e. The summed E-state index contributed by atoms with van der Waals surface area (Å²) in [6.45, 7) is 4.41. The summed E-state index contributed by atoms with van der Waals surface area (Å²) in [6, 6.07) is 10.2. The number of amides is 2. The second-order valence-electron chi connectivity index (χ2n) is 7.64. The highest BCUT2D eigenvalue weighted by Crippen LogP contribution is 2.33. The second-order valence-corrected chi connectivity index (χ2v) is 8.78. The molecule has 27 heavy (non-hydrogen) atoms. The molecule has 1 unspecified atom stereocenters. The molecule has 1 aliphatic heterocycles. The third-order valence-corrected chi connectivity index (χ3v) is 7.00. The maximum atomic E-state index is 12.7. The summed E-state index contributed by atoms with van der Waals surface area (Å²) < 4.78 is 0. The second kappa shape index (κ2) is 7.85. The van der Waals surface area contributed by atoms with Gasteiger partial charge in [0.25, 0.3) is 5.91 Å². The Labute approximate surface area is 164 Å². The topological polar surface area (TPSA) is 49.4 Å². The molecule has 1 aromatic carbocycles. The molecule has 1 fully saturated rings. The van der Waals surface area contributed by atoms with E-state index in [0.717, 1.165) is 55.6 Å². The molecule has 4 rings (SSSR count). The maximum absolute atomic E-state index is 12.7. The predicted molar refractivity (Wildman–Crippen MR) is 108 cm³/mol. The number of aryl methyl sites for hydroxylation is 2. The number of carbonyl (C=O) groups is 2. The first-order valence-corrected chi connectivity index (χ1v) is 10.7. The van der Waals surface area contributed by atoms with Gasteiger partial charge in [-0.25, -0.2) is 0 Å². The predicted octanol–water partition coefficient (Wildman–Crippen LogP) is 3.71. The Balaban J connectivity index is 1.38. The highest BCUT2D eigenvalue weighted by atomic mass is 32.1. The highest BCUT2D eigenvalue weighted by Gasteiger charge is 2.29. The van der Waals surface area contributed by atoms with Crippen molar-refractivity contribution in [2.24, 2.45) is 5.92 Å². The molecule has 1 N–H and O–H groups in total. The summed E-state index contributed by atoms with van der Waals surface area (Å²) in [4.78, 5) is 29.4. The van der Waals surface area contributed by atoms with Crippen LogP contribution in [0.4, 0.5) is 0 Å². The molecule has 0 radical (unpaired) electrons. The smallest absolute Gasteiger partial charge is 0.263 e. The zero-order valence-corrected chi connectivity index (χ0v) is 16.6. The van der Waals surface area contributed by atoms with Gasteiger partial charge in [0.05, 0.1) is 4.88 Å². The lowest BCUT2D eigenvalue weighted by molar-refractivity contribution is -0.125. The molecular formula is C22H26N2O2S. The number of nitrogens with zero attached hydrogens (tertiary/aromatic N) is 1. The van der Waals surface area contributed by atoms with Crippen molar-refractivity contribution >= 4 is 23.2 Å². The van der Waals surface area contributed by atoms with Crippen LogP contribution in [0.15, 0.2) is 30.3 Å². The fourth-order valence-corrected chi connectivity index (χ4v) is 5.24. The molecule has 1 saturated heterocycles. The van der Waals surface area contributed by atoms with E-state index in [4.69, 9.17) is 0 Å². The third-order valence-electron chi connectivity index (χ3n) is 5.77. The van der Waals surface area contributed by atoms with Gasteiger partial charge in [-0.05, 0) is 61.8 Å². The van der Waals surface area contributed by atoms with Crippen LogP contribution in [0.25, 0.3) is 0 Å². The van der Waals surface area contributed by atoms with Crippen LogP contribution in [0.3, 0.4) is 0 Å². The molecule has 5 heteroatoms. The average molecular weight is 383 g/mol. The van der Waals surface area contributed by atoms with Gasteiger partial charge in [0, 0.05) is 30.4 Å². The Kier molecular flexibility index (Phi) is 5.30. The lowest BCUT2D eigenvalue weighted by Gasteiger charge is -2.21. The first-order valence-electron chi connectivity index (χ1n) is 9.85. The number of carbonyl (C=O) groups excluding carboxylic acids is 2. The molecule has 142 valence electrons. The molecule has 2 aromatic rings. The number of likely N-dealkylation sites (tertiary alicyclic amines) is 1. The van der Waals surface area contributed by atoms with Gasteiger partial charge in [0.1, 0.15) is 0 Å². The zero-order chi connectivity index (χ0) is 18.8. The number of hydrogen-bond donors (Lipinski definition) is 1. The fraction of sp³-hybridized carbons (Fsp3) is 0.455. The molecule has 0 spiro atoms. The standard InChI is InChI=1S/C22H26N2O2S/c1-15-6-2-3-7-17(15)14-23-21(25)16-8-9-19-18(12-16)13-20(27-19)22(26)24-10-4-5-11-24/h2-3,6-7,13,16H,4-5,8-12,14H2,1H3,(H,23,25). The van der Waals surface area contributed by atoms with Gasteiger partial charge in [-0.15, -0.1) is 11.3 Å². The first kappa shape index (κ1) is 18.2. The molecule has 0 bridgehead atoms. The fourth-order valence-electron chi connectivity index (χ4n) is 4.06. The third kappa shape index (κ3) is 3.93. The lowest BCUT2D eigenvalue weighted by atomic mass is 9.87. The number of rotatable bonds is 4. The number of hydrogen-bond acceptors (Lipinski definition) is 3. The van der Waals surface area contributed by atoms with Crippen LogP contribution in [0, 0.1) is 12.8 Å². The molecule has 1 atom stereocenters. The van der Waals surface area contributed by atoms with Gasteiger partial charge in [0.2, 0.25) is 5.91 Å². The summed E-state index contributed by atoms with van der Waals surface area (Å²) >= 11 is 1.63. The van der Waals surface area contributed by atoms with Crippen molar-refractivity contribution in [1.29, 1.82) is 0 Å². The van der Waals surface area contributed by atoms with Gasteiger partial charge < -0.3 is 10.2 Å². The molecule has 1 aromatic heterocycles. The number of fused-ring (bicyclic) bond motifs is 1. The van der Waals surface area contributed by atoms with E-state index in [1.165, 1.54) is 16.0 Å². The van der Waals surface area contributed by atoms with Crippen molar-refractivity contribution in [3.63, 3.8) is 0 Å². The van der Waals surface area contributed by atoms with E-state index in [9.17, 15) is 9.59 Å². The largest absolute Gasteiger partial charge is 0.352 e. The molecule has 4 nitrogen and oxygen atoms in total. The Bertz CT molecular complexity index is 852. The summed E-state index contributed by atoms with van der Waals surface area (Å²) in [5.41, 5.74) is 3.56. The maximum Gasteiger partial charge on any atom is 0.263 e. The van der Waals surface area contributed by atoms with E-state index < -0.39 is 0 Å². The average Bonchev–Trinajstić information content (AvgIpc) is 3.35. The summed E-state index contributed by atoms with van der Waals surface area (Å²) in [5.74, 6) is 0.306. The zero-order valence-electron chi connectivity index (χ0n) is 15.8.